The highest BCUT2D eigenvalue weighted by atomic mass is 19.1. The van der Waals surface area contributed by atoms with Crippen LogP contribution in [0.4, 0.5) is 4.39 Å². The molecule has 142 valence electrons. The van der Waals surface area contributed by atoms with Gasteiger partial charge in [0.2, 0.25) is 0 Å². The lowest BCUT2D eigenvalue weighted by atomic mass is 9.96. The molecule has 0 heterocycles. The van der Waals surface area contributed by atoms with Crippen molar-refractivity contribution in [1.29, 1.82) is 0 Å². The molecule has 0 aliphatic heterocycles. The highest BCUT2D eigenvalue weighted by molar-refractivity contribution is 5.90. The molecule has 0 bridgehead atoms. The SMILES string of the molecule is CC[C@H](CNC(=O)[C@@H](C)OC(=O)/C=C/c1ccc(F)cc1)c1ccccc1. The first kappa shape index (κ1) is 20.4. The predicted octanol–water partition coefficient (Wildman–Crippen LogP) is 4.08. The number of ether oxygens (including phenoxy) is 1. The van der Waals surface area contributed by atoms with Crippen LogP contribution in [0.25, 0.3) is 6.08 Å². The van der Waals surface area contributed by atoms with Crippen molar-refractivity contribution in [3.63, 3.8) is 0 Å². The van der Waals surface area contributed by atoms with Crippen molar-refractivity contribution >= 4 is 18.0 Å². The van der Waals surface area contributed by atoms with E-state index in [2.05, 4.69) is 12.2 Å². The van der Waals surface area contributed by atoms with E-state index in [4.69, 9.17) is 4.74 Å². The van der Waals surface area contributed by atoms with E-state index in [9.17, 15) is 14.0 Å². The predicted molar refractivity (Wildman–Crippen MR) is 103 cm³/mol. The summed E-state index contributed by atoms with van der Waals surface area (Å²) in [4.78, 5) is 24.0. The summed E-state index contributed by atoms with van der Waals surface area (Å²) in [5.41, 5.74) is 1.83. The molecule has 4 nitrogen and oxygen atoms in total. The Morgan fingerprint density at radius 2 is 1.78 bits per heavy atom. The number of benzene rings is 2. The molecular formula is C22H24FNO3. The van der Waals surface area contributed by atoms with Gasteiger partial charge in [0.15, 0.2) is 6.10 Å². The number of nitrogens with one attached hydrogen (secondary N) is 1. The maximum atomic E-state index is 12.8. The first-order chi connectivity index (χ1) is 13.0. The average Bonchev–Trinajstić information content (AvgIpc) is 2.68. The number of carbonyl (C=O) groups is 2. The van der Waals surface area contributed by atoms with Gasteiger partial charge in [-0.1, -0.05) is 49.4 Å². The minimum Gasteiger partial charge on any atom is -0.449 e. The van der Waals surface area contributed by atoms with Crippen molar-refractivity contribution in [3.05, 3.63) is 77.6 Å². The van der Waals surface area contributed by atoms with Crippen molar-refractivity contribution in [3.8, 4) is 0 Å². The Bertz CT molecular complexity index is 772. The Morgan fingerprint density at radius 1 is 1.11 bits per heavy atom. The van der Waals surface area contributed by atoms with Gasteiger partial charge >= 0.3 is 5.97 Å². The van der Waals surface area contributed by atoms with Crippen molar-refractivity contribution in [2.24, 2.45) is 0 Å². The van der Waals surface area contributed by atoms with Crippen molar-refractivity contribution in [2.45, 2.75) is 32.3 Å². The van der Waals surface area contributed by atoms with Gasteiger partial charge in [-0.05, 0) is 42.7 Å². The summed E-state index contributed by atoms with van der Waals surface area (Å²) in [7, 11) is 0. The van der Waals surface area contributed by atoms with E-state index in [0.717, 1.165) is 12.0 Å². The molecule has 0 aliphatic rings. The Labute approximate surface area is 159 Å². The van der Waals surface area contributed by atoms with Gasteiger partial charge in [0.1, 0.15) is 5.82 Å². The lowest BCUT2D eigenvalue weighted by Crippen LogP contribution is -2.37. The van der Waals surface area contributed by atoms with E-state index in [0.29, 0.717) is 12.1 Å². The summed E-state index contributed by atoms with van der Waals surface area (Å²) < 4.78 is 18.0. The van der Waals surface area contributed by atoms with Gasteiger partial charge in [-0.15, -0.1) is 0 Å². The van der Waals surface area contributed by atoms with E-state index in [1.54, 1.807) is 12.1 Å². The molecule has 0 aromatic heterocycles. The first-order valence-electron chi connectivity index (χ1n) is 8.96. The van der Waals surface area contributed by atoms with Gasteiger partial charge in [-0.3, -0.25) is 4.79 Å². The number of rotatable bonds is 8. The normalized spacial score (nSPS) is 13.1. The molecule has 0 aliphatic carbocycles. The topological polar surface area (TPSA) is 55.4 Å². The molecule has 0 fully saturated rings. The molecule has 0 saturated heterocycles. The second-order valence-corrected chi connectivity index (χ2v) is 6.23. The maximum absolute atomic E-state index is 12.8. The zero-order valence-electron chi connectivity index (χ0n) is 15.5. The van der Waals surface area contributed by atoms with Crippen LogP contribution in [0, 0.1) is 5.82 Å². The monoisotopic (exact) mass is 369 g/mol. The molecule has 2 aromatic rings. The maximum Gasteiger partial charge on any atom is 0.331 e. The van der Waals surface area contributed by atoms with E-state index < -0.39 is 12.1 Å². The summed E-state index contributed by atoms with van der Waals surface area (Å²) in [6, 6.07) is 15.7. The Kier molecular flexibility index (Phi) is 7.74. The summed E-state index contributed by atoms with van der Waals surface area (Å²) in [5, 5.41) is 2.84. The van der Waals surface area contributed by atoms with Gasteiger partial charge in [0.25, 0.3) is 5.91 Å². The van der Waals surface area contributed by atoms with E-state index >= 15 is 0 Å². The van der Waals surface area contributed by atoms with Crippen LogP contribution in [0.1, 0.15) is 37.3 Å². The molecule has 2 aromatic carbocycles. The quantitative estimate of drug-likeness (QED) is 0.563. The lowest BCUT2D eigenvalue weighted by molar-refractivity contribution is -0.150. The van der Waals surface area contributed by atoms with Gasteiger partial charge in [-0.25, -0.2) is 9.18 Å². The van der Waals surface area contributed by atoms with Crippen LogP contribution >= 0.6 is 0 Å². The molecule has 0 saturated carbocycles. The van der Waals surface area contributed by atoms with Crippen molar-refractivity contribution < 1.29 is 18.7 Å². The molecule has 5 heteroatoms. The third-order valence-corrected chi connectivity index (χ3v) is 4.23. The van der Waals surface area contributed by atoms with Crippen LogP contribution in [0.2, 0.25) is 0 Å². The van der Waals surface area contributed by atoms with Crippen LogP contribution in [-0.4, -0.2) is 24.5 Å². The molecule has 0 unspecified atom stereocenters. The molecule has 1 amide bonds. The van der Waals surface area contributed by atoms with Gasteiger partial charge in [0, 0.05) is 18.5 Å². The van der Waals surface area contributed by atoms with E-state index in [-0.39, 0.29) is 17.6 Å². The standard InChI is InChI=1S/C22H24FNO3/c1-3-18(19-7-5-4-6-8-19)15-24-22(26)16(2)27-21(25)14-11-17-9-12-20(23)13-10-17/h4-14,16,18H,3,15H2,1-2H3,(H,24,26)/b14-11+/t16-,18-/m1/s1. The molecule has 27 heavy (non-hydrogen) atoms. The van der Waals surface area contributed by atoms with Gasteiger partial charge < -0.3 is 10.1 Å². The zero-order chi connectivity index (χ0) is 19.6. The summed E-state index contributed by atoms with van der Waals surface area (Å²) in [5.74, 6) is -1.11. The number of hydrogen-bond donors (Lipinski definition) is 1. The second kappa shape index (κ2) is 10.3. The number of carbonyl (C=O) groups excluding carboxylic acids is 2. The van der Waals surface area contributed by atoms with Gasteiger partial charge in [-0.2, -0.15) is 0 Å². The fourth-order valence-electron chi connectivity index (χ4n) is 2.60. The Balaban J connectivity index is 1.82. The fraction of sp³-hybridized carbons (Fsp3) is 0.273. The molecule has 2 atom stereocenters. The van der Waals surface area contributed by atoms with Crippen LogP contribution in [-0.2, 0) is 14.3 Å². The second-order valence-electron chi connectivity index (χ2n) is 6.23. The minimum absolute atomic E-state index is 0.205. The molecule has 2 rings (SSSR count). The van der Waals surface area contributed by atoms with Gasteiger partial charge in [0.05, 0.1) is 0 Å². The van der Waals surface area contributed by atoms with Crippen molar-refractivity contribution in [1.82, 2.24) is 5.32 Å². The number of esters is 1. The number of amides is 1. The lowest BCUT2D eigenvalue weighted by Gasteiger charge is -2.18. The first-order valence-corrected chi connectivity index (χ1v) is 8.96. The van der Waals surface area contributed by atoms with E-state index in [1.165, 1.54) is 31.2 Å². The third kappa shape index (κ3) is 6.70. The summed E-state index contributed by atoms with van der Waals surface area (Å²) in [6.07, 6.45) is 2.72. The largest absolute Gasteiger partial charge is 0.449 e. The molecule has 0 radical (unpaired) electrons. The molecule has 1 N–H and O–H groups in total. The number of hydrogen-bond acceptors (Lipinski definition) is 3. The van der Waals surface area contributed by atoms with Crippen LogP contribution < -0.4 is 5.32 Å². The Morgan fingerprint density at radius 3 is 2.41 bits per heavy atom. The van der Waals surface area contributed by atoms with Crippen LogP contribution in [0.5, 0.6) is 0 Å². The average molecular weight is 369 g/mol. The minimum atomic E-state index is -0.899. The zero-order valence-corrected chi connectivity index (χ0v) is 15.5. The number of halogens is 1. The van der Waals surface area contributed by atoms with Crippen LogP contribution in [0.3, 0.4) is 0 Å². The van der Waals surface area contributed by atoms with Crippen LogP contribution in [0.15, 0.2) is 60.7 Å². The van der Waals surface area contributed by atoms with E-state index in [1.807, 2.05) is 30.3 Å². The summed E-state index contributed by atoms with van der Waals surface area (Å²) in [6.45, 7) is 4.07. The molecule has 0 spiro atoms. The smallest absolute Gasteiger partial charge is 0.331 e. The van der Waals surface area contributed by atoms with Crippen molar-refractivity contribution in [2.75, 3.05) is 6.54 Å². The molecular weight excluding hydrogens is 345 g/mol. The highest BCUT2D eigenvalue weighted by Gasteiger charge is 2.18. The fourth-order valence-corrected chi connectivity index (χ4v) is 2.60. The Hall–Kier alpha value is -2.95. The highest BCUT2D eigenvalue weighted by Crippen LogP contribution is 2.18. The third-order valence-electron chi connectivity index (χ3n) is 4.23. The summed E-state index contributed by atoms with van der Waals surface area (Å²) >= 11 is 0.